The molecule has 12 nitrogen and oxygen atoms in total. The maximum Gasteiger partial charge on any atom is 0.316 e. The molecule has 19 heteroatoms. The standard InChI is InChI=1S/C23H22F4O7S2.C18H15S.C16H24O3.C10H14.C6H12O2/c1-3-13(2)14-5-6-16-12-17(8-7-15(16)11-14)34-35(28,29)10-4-9-33-22-18(24)20(26)23(36(30,31)32)21(27)19(22)25;1-4-10-16(11-5-1)19(17-12-6-2-7-13-17)18-14-8-3-9-15-18;1-7-16(5,6)14(17)18-12-8-10-13(11-9-12)19-15(2,3)4;1-3-9(2)10-7-5-4-6-8-10;1-4-6(2,3)5(7)8/h5-8,11-13H,3-4,9-10H2,1-2H3,(H,30,31,32);1-15H;8-11H,7H2,1-6H3;4-9H,3H2,1-2H3;4H2,1-3H3,(H,7,8)/q;+1;;;/p-1. The van der Waals surface area contributed by atoms with Crippen molar-refractivity contribution in [3.63, 3.8) is 0 Å². The zero-order chi connectivity index (χ0) is 68.6. The van der Waals surface area contributed by atoms with Crippen LogP contribution in [0.1, 0.15) is 145 Å². The van der Waals surface area contributed by atoms with Crippen molar-refractivity contribution in [1.82, 2.24) is 0 Å². The Hall–Kier alpha value is -7.71. The first kappa shape index (κ1) is 76.7. The average Bonchev–Trinajstić information content (AvgIpc) is 0.785. The lowest BCUT2D eigenvalue weighted by Gasteiger charge is -2.22. The van der Waals surface area contributed by atoms with Crippen LogP contribution in [-0.4, -0.2) is 56.4 Å². The summed E-state index contributed by atoms with van der Waals surface area (Å²) in [7, 11) is -10.0. The number of carbonyl (C=O) groups excluding carboxylic acids is 1. The predicted molar refractivity (Wildman–Crippen MR) is 356 cm³/mol. The fourth-order valence-electron chi connectivity index (χ4n) is 7.94. The summed E-state index contributed by atoms with van der Waals surface area (Å²) in [6.45, 7) is 24.9. The summed E-state index contributed by atoms with van der Waals surface area (Å²) in [5, 5.41) is 10.1. The lowest BCUT2D eigenvalue weighted by atomic mass is 9.91. The van der Waals surface area contributed by atoms with Crippen LogP contribution in [0.15, 0.2) is 202 Å². The molecule has 0 bridgehead atoms. The van der Waals surface area contributed by atoms with Crippen molar-refractivity contribution in [2.75, 3.05) is 12.4 Å². The molecular formula is C73H86F4O12S3. The minimum absolute atomic E-state index is 0.0146. The number of hydrogen-bond donors (Lipinski definition) is 1. The van der Waals surface area contributed by atoms with E-state index < -0.39 is 89.7 Å². The molecule has 2 unspecified atom stereocenters. The maximum absolute atomic E-state index is 13.9. The molecule has 0 fully saturated rings. The van der Waals surface area contributed by atoms with E-state index in [1.165, 1.54) is 38.8 Å². The van der Waals surface area contributed by atoms with E-state index in [0.717, 1.165) is 34.9 Å². The molecule has 8 aromatic rings. The first-order valence-electron chi connectivity index (χ1n) is 30.3. The Morgan fingerprint density at radius 3 is 1.36 bits per heavy atom. The van der Waals surface area contributed by atoms with Gasteiger partial charge in [-0.05, 0) is 187 Å². The topological polar surface area (TPSA) is 183 Å². The number of carboxylic acids is 1. The highest BCUT2D eigenvalue weighted by Crippen LogP contribution is 2.34. The van der Waals surface area contributed by atoms with Crippen molar-refractivity contribution in [1.29, 1.82) is 0 Å². The van der Waals surface area contributed by atoms with E-state index in [9.17, 15) is 48.5 Å². The third kappa shape index (κ3) is 24.1. The molecule has 8 aromatic carbocycles. The molecule has 8 rings (SSSR count). The summed E-state index contributed by atoms with van der Waals surface area (Å²) in [4.78, 5) is 23.9. The van der Waals surface area contributed by atoms with Gasteiger partial charge in [0.2, 0.25) is 11.6 Å². The molecule has 2 atom stereocenters. The smallest absolute Gasteiger partial charge is 0.316 e. The van der Waals surface area contributed by atoms with Crippen LogP contribution in [0.5, 0.6) is 23.0 Å². The largest absolute Gasteiger partial charge is 0.744 e. The number of hydrogen-bond acceptors (Lipinski definition) is 11. The Balaban J connectivity index is 0.000000272. The maximum atomic E-state index is 13.9. The Bertz CT molecular complexity index is 3710. The molecule has 0 aromatic heterocycles. The van der Waals surface area contributed by atoms with Gasteiger partial charge >= 0.3 is 22.1 Å². The van der Waals surface area contributed by atoms with Crippen molar-refractivity contribution in [3.05, 3.63) is 216 Å². The number of aliphatic carboxylic acids is 1. The third-order valence-electron chi connectivity index (χ3n) is 14.7. The van der Waals surface area contributed by atoms with Crippen molar-refractivity contribution in [2.24, 2.45) is 10.8 Å². The monoisotopic (exact) mass is 1330 g/mol. The Morgan fingerprint density at radius 1 is 0.533 bits per heavy atom. The van der Waals surface area contributed by atoms with Gasteiger partial charge in [-0.25, -0.2) is 17.2 Å². The summed E-state index contributed by atoms with van der Waals surface area (Å²) < 4.78 is 133. The number of carboxylic acid groups (broad SMARTS) is 1. The SMILES string of the molecule is CCC(C)(C)C(=O)O.CCC(C)(C)C(=O)Oc1ccc(OC(C)(C)C)cc1.CCC(C)c1ccc2cc(OS(=O)(=O)CCCOc3c(F)c(F)c(S(=O)(=O)[O-])c(F)c3F)ccc2c1.CCC(C)c1ccccc1.c1ccc([S+](c2ccccc2)c2ccccc2)cc1. The Labute approximate surface area is 544 Å². The molecule has 0 spiro atoms. The van der Waals surface area contributed by atoms with E-state index in [1.54, 1.807) is 32.0 Å². The highest BCUT2D eigenvalue weighted by Gasteiger charge is 2.32. The molecule has 0 aliphatic carbocycles. The number of ether oxygens (including phenoxy) is 3. The van der Waals surface area contributed by atoms with Crippen LogP contribution >= 0.6 is 0 Å². The fourth-order valence-corrected chi connectivity index (χ4v) is 11.6. The van der Waals surface area contributed by atoms with E-state index in [2.05, 4.69) is 154 Å². The van der Waals surface area contributed by atoms with Gasteiger partial charge in [-0.15, -0.1) is 0 Å². The van der Waals surface area contributed by atoms with Crippen molar-refractivity contribution >= 4 is 53.8 Å². The molecule has 0 amide bonds. The number of rotatable bonds is 21. The summed E-state index contributed by atoms with van der Waals surface area (Å²) in [5.41, 5.74) is 1.36. The Morgan fingerprint density at radius 2 is 0.946 bits per heavy atom. The summed E-state index contributed by atoms with van der Waals surface area (Å²) in [5.74, 6) is -10.2. The molecule has 1 N–H and O–H groups in total. The molecule has 0 aliphatic rings. The summed E-state index contributed by atoms with van der Waals surface area (Å²) >= 11 is 0. The van der Waals surface area contributed by atoms with Gasteiger partial charge in [-0.2, -0.15) is 17.2 Å². The third-order valence-corrected chi connectivity index (χ3v) is 19.1. The highest BCUT2D eigenvalue weighted by molar-refractivity contribution is 7.97. The molecule has 0 heterocycles. The second-order valence-electron chi connectivity index (χ2n) is 23.8. The van der Waals surface area contributed by atoms with Crippen molar-refractivity contribution < 1.29 is 72.0 Å². The number of fused-ring (bicyclic) bond motifs is 1. The van der Waals surface area contributed by atoms with Gasteiger partial charge in [0.1, 0.15) is 37.9 Å². The molecule has 92 heavy (non-hydrogen) atoms. The molecule has 496 valence electrons. The van der Waals surface area contributed by atoms with E-state index in [1.807, 2.05) is 78.8 Å². The summed E-state index contributed by atoms with van der Waals surface area (Å²) in [6, 6.07) is 60.4. The number of esters is 1. The van der Waals surface area contributed by atoms with Crippen molar-refractivity contribution in [3.8, 4) is 23.0 Å². The average molecular weight is 1330 g/mol. The van der Waals surface area contributed by atoms with E-state index >= 15 is 0 Å². The van der Waals surface area contributed by atoms with Gasteiger partial charge in [0.05, 0.1) is 34.1 Å². The van der Waals surface area contributed by atoms with Crippen LogP contribution < -0.4 is 18.4 Å². The highest BCUT2D eigenvalue weighted by atomic mass is 32.2. The zero-order valence-corrected chi connectivity index (χ0v) is 57.0. The van der Waals surface area contributed by atoms with E-state index in [4.69, 9.17) is 18.8 Å². The molecular weight excluding hydrogens is 1240 g/mol. The summed E-state index contributed by atoms with van der Waals surface area (Å²) in [6.07, 6.45) is 3.21. The lowest BCUT2D eigenvalue weighted by molar-refractivity contribution is -0.147. The van der Waals surface area contributed by atoms with Gasteiger partial charge in [0.25, 0.3) is 0 Å². The van der Waals surface area contributed by atoms with Crippen molar-refractivity contribution in [2.45, 2.75) is 159 Å². The number of benzene rings is 8. The fraction of sp³-hybridized carbons (Fsp3) is 0.342. The second kappa shape index (κ2) is 35.4. The molecule has 0 aliphatic heterocycles. The van der Waals surface area contributed by atoms with Gasteiger partial charge < -0.3 is 28.1 Å². The zero-order valence-electron chi connectivity index (χ0n) is 54.6. The molecule has 0 saturated carbocycles. The van der Waals surface area contributed by atoms with Gasteiger partial charge in [0.15, 0.2) is 32.1 Å². The predicted octanol–water partition coefficient (Wildman–Crippen LogP) is 18.7. The van der Waals surface area contributed by atoms with Crippen LogP contribution in [0.4, 0.5) is 17.6 Å². The normalized spacial score (nSPS) is 12.2. The van der Waals surface area contributed by atoms with Gasteiger partial charge in [-0.3, -0.25) is 9.59 Å². The van der Waals surface area contributed by atoms with E-state index in [0.29, 0.717) is 24.0 Å². The number of halogens is 4. The van der Waals surface area contributed by atoms with Gasteiger partial charge in [-0.1, -0.05) is 151 Å². The molecule has 0 radical (unpaired) electrons. The van der Waals surface area contributed by atoms with Crippen LogP contribution in [0.25, 0.3) is 10.8 Å². The number of carbonyl (C=O) groups is 2. The lowest BCUT2D eigenvalue weighted by Crippen LogP contribution is -2.28. The van der Waals surface area contributed by atoms with Crippen LogP contribution in [0.2, 0.25) is 0 Å². The second-order valence-corrected chi connectivity index (χ2v) is 28.8. The van der Waals surface area contributed by atoms with E-state index in [-0.39, 0.29) is 28.2 Å². The minimum atomic E-state index is -5.85. The Kier molecular flexibility index (Phi) is 29.5. The van der Waals surface area contributed by atoms with Crippen LogP contribution in [0.3, 0.4) is 0 Å². The molecule has 0 saturated heterocycles. The quantitative estimate of drug-likeness (QED) is 0.0105. The van der Waals surface area contributed by atoms with Crippen LogP contribution in [0, 0.1) is 34.1 Å². The first-order chi connectivity index (χ1) is 43.2. The van der Waals surface area contributed by atoms with Gasteiger partial charge in [0, 0.05) is 0 Å². The van der Waals surface area contributed by atoms with Crippen LogP contribution in [-0.2, 0) is 40.7 Å². The first-order valence-corrected chi connectivity index (χ1v) is 34.5. The minimum Gasteiger partial charge on any atom is -0.744 e.